The lowest BCUT2D eigenvalue weighted by Crippen LogP contribution is -2.51. The molecule has 1 N–H and O–H groups in total. The first-order valence-corrected chi connectivity index (χ1v) is 10.5. The largest absolute Gasteiger partial charge is 0.497 e. The molecule has 0 spiro atoms. The number of amides is 2. The summed E-state index contributed by atoms with van der Waals surface area (Å²) in [5.74, 6) is -0.253. The average Bonchev–Trinajstić information content (AvgIpc) is 3.33. The molecule has 2 aromatic rings. The molecule has 0 bridgehead atoms. The Morgan fingerprint density at radius 1 is 1.03 bits per heavy atom. The molecule has 2 atom stereocenters. The van der Waals surface area contributed by atoms with Gasteiger partial charge in [0.2, 0.25) is 5.91 Å². The van der Waals surface area contributed by atoms with Gasteiger partial charge in [0.15, 0.2) is 0 Å². The van der Waals surface area contributed by atoms with Gasteiger partial charge in [-0.1, -0.05) is 42.5 Å². The average molecular weight is 440 g/mol. The molecule has 3 rings (SSSR count). The molecule has 0 unspecified atom stereocenters. The van der Waals surface area contributed by atoms with Gasteiger partial charge in [-0.3, -0.25) is 9.69 Å². The van der Waals surface area contributed by atoms with Gasteiger partial charge in [0.1, 0.15) is 24.4 Å². The third kappa shape index (κ3) is 6.00. The van der Waals surface area contributed by atoms with Crippen molar-refractivity contribution < 1.29 is 28.6 Å². The molecular formula is C24H28N2O6. The van der Waals surface area contributed by atoms with Gasteiger partial charge in [0, 0.05) is 13.0 Å². The molecule has 0 radical (unpaired) electrons. The zero-order chi connectivity index (χ0) is 22.9. The minimum atomic E-state index is -0.872. The summed E-state index contributed by atoms with van der Waals surface area (Å²) in [7, 11) is 2.85. The van der Waals surface area contributed by atoms with E-state index in [9.17, 15) is 14.4 Å². The molecule has 8 nitrogen and oxygen atoms in total. The third-order valence-corrected chi connectivity index (χ3v) is 5.40. The quantitative estimate of drug-likeness (QED) is 0.635. The van der Waals surface area contributed by atoms with Crippen LogP contribution in [0.4, 0.5) is 4.79 Å². The summed E-state index contributed by atoms with van der Waals surface area (Å²) in [4.78, 5) is 39.3. The molecule has 1 aliphatic heterocycles. The van der Waals surface area contributed by atoms with Crippen molar-refractivity contribution in [2.75, 3.05) is 20.8 Å². The van der Waals surface area contributed by atoms with Crippen molar-refractivity contribution in [3.63, 3.8) is 0 Å². The van der Waals surface area contributed by atoms with Crippen LogP contribution in [0, 0.1) is 0 Å². The first-order chi connectivity index (χ1) is 15.5. The second kappa shape index (κ2) is 11.2. The van der Waals surface area contributed by atoms with E-state index in [-0.39, 0.29) is 13.0 Å². The van der Waals surface area contributed by atoms with Gasteiger partial charge in [0.05, 0.1) is 14.2 Å². The fourth-order valence-electron chi connectivity index (χ4n) is 3.66. The Morgan fingerprint density at radius 2 is 1.75 bits per heavy atom. The number of carbonyl (C=O) groups excluding carboxylic acids is 3. The topological polar surface area (TPSA) is 94.2 Å². The second-order valence-electron chi connectivity index (χ2n) is 7.53. The Morgan fingerprint density at radius 3 is 2.41 bits per heavy atom. The SMILES string of the molecule is COC(=O)[C@@H](Cc1ccc(OC)cc1)NC(=O)[C@H]1CCCN1C(=O)OCc1ccccc1. The molecule has 1 aliphatic rings. The van der Waals surface area contributed by atoms with Crippen molar-refractivity contribution in [3.05, 3.63) is 65.7 Å². The molecule has 0 saturated carbocycles. The van der Waals surface area contributed by atoms with Crippen LogP contribution in [-0.2, 0) is 32.1 Å². The van der Waals surface area contributed by atoms with Gasteiger partial charge < -0.3 is 19.5 Å². The Labute approximate surface area is 187 Å². The number of carbonyl (C=O) groups is 3. The zero-order valence-corrected chi connectivity index (χ0v) is 18.3. The minimum absolute atomic E-state index is 0.132. The van der Waals surface area contributed by atoms with Gasteiger partial charge >= 0.3 is 12.1 Å². The summed E-state index contributed by atoms with van der Waals surface area (Å²) in [6.07, 6.45) is 0.896. The summed E-state index contributed by atoms with van der Waals surface area (Å²) in [6, 6.07) is 15.0. The highest BCUT2D eigenvalue weighted by Gasteiger charge is 2.37. The van der Waals surface area contributed by atoms with Crippen molar-refractivity contribution in [1.82, 2.24) is 10.2 Å². The molecular weight excluding hydrogens is 412 g/mol. The first kappa shape index (κ1) is 23.1. The van der Waals surface area contributed by atoms with Gasteiger partial charge in [-0.05, 0) is 36.1 Å². The van der Waals surface area contributed by atoms with Crippen LogP contribution in [0.2, 0.25) is 0 Å². The van der Waals surface area contributed by atoms with Crippen molar-refractivity contribution in [2.45, 2.75) is 38.0 Å². The predicted molar refractivity (Wildman–Crippen MR) is 117 cm³/mol. The van der Waals surface area contributed by atoms with Crippen LogP contribution in [0.5, 0.6) is 5.75 Å². The van der Waals surface area contributed by atoms with E-state index in [4.69, 9.17) is 14.2 Å². The molecule has 32 heavy (non-hydrogen) atoms. The van der Waals surface area contributed by atoms with E-state index in [0.717, 1.165) is 11.1 Å². The van der Waals surface area contributed by atoms with Gasteiger partial charge in [-0.25, -0.2) is 9.59 Å². The fourth-order valence-corrected chi connectivity index (χ4v) is 3.66. The third-order valence-electron chi connectivity index (χ3n) is 5.40. The summed E-state index contributed by atoms with van der Waals surface area (Å²) in [6.45, 7) is 0.555. The molecule has 1 fully saturated rings. The number of rotatable bonds is 8. The van der Waals surface area contributed by atoms with Crippen LogP contribution < -0.4 is 10.1 Å². The van der Waals surface area contributed by atoms with Gasteiger partial charge in [-0.2, -0.15) is 0 Å². The van der Waals surface area contributed by atoms with E-state index < -0.39 is 30.1 Å². The van der Waals surface area contributed by atoms with Crippen LogP contribution >= 0.6 is 0 Å². The molecule has 2 aromatic carbocycles. The molecule has 1 saturated heterocycles. The highest BCUT2D eigenvalue weighted by molar-refractivity contribution is 5.90. The number of hydrogen-bond donors (Lipinski definition) is 1. The number of nitrogens with one attached hydrogen (secondary N) is 1. The lowest BCUT2D eigenvalue weighted by molar-refractivity contribution is -0.145. The molecule has 170 valence electrons. The summed E-state index contributed by atoms with van der Waals surface area (Å²) in [5, 5.41) is 2.75. The fraction of sp³-hybridized carbons (Fsp3) is 0.375. The number of likely N-dealkylation sites (tertiary alicyclic amines) is 1. The van der Waals surface area contributed by atoms with E-state index >= 15 is 0 Å². The minimum Gasteiger partial charge on any atom is -0.497 e. The van der Waals surface area contributed by atoms with Crippen LogP contribution in [-0.4, -0.2) is 55.7 Å². The lowest BCUT2D eigenvalue weighted by atomic mass is 10.0. The van der Waals surface area contributed by atoms with E-state index in [1.165, 1.54) is 12.0 Å². The maximum atomic E-state index is 13.0. The van der Waals surface area contributed by atoms with Crippen LogP contribution in [0.3, 0.4) is 0 Å². The maximum absolute atomic E-state index is 13.0. The smallest absolute Gasteiger partial charge is 0.410 e. The summed E-state index contributed by atoms with van der Waals surface area (Å²) >= 11 is 0. The van der Waals surface area contributed by atoms with Crippen molar-refractivity contribution in [2.24, 2.45) is 0 Å². The monoisotopic (exact) mass is 440 g/mol. The Kier molecular flexibility index (Phi) is 8.08. The number of benzene rings is 2. The second-order valence-corrected chi connectivity index (χ2v) is 7.53. The molecule has 0 aromatic heterocycles. The number of ether oxygens (including phenoxy) is 3. The summed E-state index contributed by atoms with van der Waals surface area (Å²) < 4.78 is 15.4. The van der Waals surface area contributed by atoms with E-state index in [2.05, 4.69) is 5.32 Å². The Balaban J connectivity index is 1.62. The Bertz CT molecular complexity index is 916. The summed E-state index contributed by atoms with van der Waals surface area (Å²) in [5.41, 5.74) is 1.71. The highest BCUT2D eigenvalue weighted by Crippen LogP contribution is 2.20. The highest BCUT2D eigenvalue weighted by atomic mass is 16.6. The lowest BCUT2D eigenvalue weighted by Gasteiger charge is -2.25. The normalized spacial score (nSPS) is 16.2. The molecule has 8 heteroatoms. The molecule has 2 amide bonds. The van der Waals surface area contributed by atoms with Gasteiger partial charge in [0.25, 0.3) is 0 Å². The van der Waals surface area contributed by atoms with E-state index in [0.29, 0.717) is 25.1 Å². The Hall–Kier alpha value is -3.55. The van der Waals surface area contributed by atoms with Gasteiger partial charge in [-0.15, -0.1) is 0 Å². The van der Waals surface area contributed by atoms with Crippen molar-refractivity contribution in [1.29, 1.82) is 0 Å². The van der Waals surface area contributed by atoms with Crippen LogP contribution in [0.25, 0.3) is 0 Å². The number of nitrogens with zero attached hydrogens (tertiary/aromatic N) is 1. The van der Waals surface area contributed by atoms with Crippen molar-refractivity contribution >= 4 is 18.0 Å². The zero-order valence-electron chi connectivity index (χ0n) is 18.3. The van der Waals surface area contributed by atoms with E-state index in [1.54, 1.807) is 19.2 Å². The predicted octanol–water partition coefficient (Wildman–Crippen LogP) is 2.70. The van der Waals surface area contributed by atoms with Crippen LogP contribution in [0.15, 0.2) is 54.6 Å². The standard InChI is InChI=1S/C24H28N2O6/c1-30-19-12-10-17(11-13-19)15-20(23(28)31-2)25-22(27)21-9-6-14-26(21)24(29)32-16-18-7-4-3-5-8-18/h3-5,7-8,10-13,20-21H,6,9,14-16H2,1-2H3,(H,25,27)/t20-,21-/m1/s1. The number of hydrogen-bond acceptors (Lipinski definition) is 6. The number of methoxy groups -OCH3 is 2. The van der Waals surface area contributed by atoms with E-state index in [1.807, 2.05) is 42.5 Å². The first-order valence-electron chi connectivity index (χ1n) is 10.5. The molecule has 0 aliphatic carbocycles. The molecule has 1 heterocycles. The van der Waals surface area contributed by atoms with Crippen molar-refractivity contribution in [3.8, 4) is 5.75 Å². The maximum Gasteiger partial charge on any atom is 0.410 e. The van der Waals surface area contributed by atoms with Crippen LogP contribution in [0.1, 0.15) is 24.0 Å². The number of esters is 1.